The molecule has 0 unspecified atom stereocenters. The van der Waals surface area contributed by atoms with Crippen molar-refractivity contribution in [1.29, 1.82) is 0 Å². The van der Waals surface area contributed by atoms with E-state index >= 15 is 0 Å². The van der Waals surface area contributed by atoms with Crippen LogP contribution in [0.15, 0.2) is 25.0 Å². The van der Waals surface area contributed by atoms with Crippen molar-refractivity contribution >= 4 is 5.91 Å². The Morgan fingerprint density at radius 3 is 2.73 bits per heavy atom. The number of carbonyl (C=O) groups excluding carboxylic acids is 1. The highest BCUT2D eigenvalue weighted by atomic mass is 16.1. The Morgan fingerprint density at radius 2 is 2.20 bits per heavy atom. The Balaban J connectivity index is 2.02. The van der Waals surface area contributed by atoms with E-state index in [0.717, 1.165) is 5.82 Å². The zero-order chi connectivity index (χ0) is 10.7. The molecule has 1 aliphatic carbocycles. The molecule has 0 bridgehead atoms. The summed E-state index contributed by atoms with van der Waals surface area (Å²) in [5.41, 5.74) is 0.501. The molecule has 1 saturated carbocycles. The molecule has 1 heterocycles. The molecule has 0 spiro atoms. The summed E-state index contributed by atoms with van der Waals surface area (Å²) in [4.78, 5) is 19.8. The third kappa shape index (κ3) is 2.40. The van der Waals surface area contributed by atoms with Crippen LogP contribution in [0.5, 0.6) is 0 Å². The molecular weight excluding hydrogens is 190 g/mol. The molecule has 0 aromatic carbocycles. The van der Waals surface area contributed by atoms with Crippen LogP contribution in [0.3, 0.4) is 0 Å². The van der Waals surface area contributed by atoms with Crippen molar-refractivity contribution in [2.45, 2.75) is 18.8 Å². The maximum absolute atomic E-state index is 11.5. The highest BCUT2D eigenvalue weighted by Crippen LogP contribution is 2.37. The van der Waals surface area contributed by atoms with Gasteiger partial charge in [0.2, 0.25) is 0 Å². The third-order valence-electron chi connectivity index (χ3n) is 2.28. The molecule has 1 aliphatic rings. The quantitative estimate of drug-likeness (QED) is 0.750. The van der Waals surface area contributed by atoms with Gasteiger partial charge in [0, 0.05) is 24.9 Å². The van der Waals surface area contributed by atoms with Crippen LogP contribution in [0.1, 0.15) is 34.9 Å². The minimum absolute atomic E-state index is 0.155. The number of amides is 1. The monoisotopic (exact) mass is 203 g/mol. The van der Waals surface area contributed by atoms with Crippen molar-refractivity contribution in [3.63, 3.8) is 0 Å². The molecule has 0 atom stereocenters. The van der Waals surface area contributed by atoms with Gasteiger partial charge in [0.25, 0.3) is 5.91 Å². The number of rotatable bonds is 4. The van der Waals surface area contributed by atoms with Crippen LogP contribution in [0.25, 0.3) is 0 Å². The van der Waals surface area contributed by atoms with Crippen LogP contribution < -0.4 is 5.32 Å². The number of nitrogens with zero attached hydrogens (tertiary/aromatic N) is 2. The second-order valence-corrected chi connectivity index (χ2v) is 3.60. The lowest BCUT2D eigenvalue weighted by Crippen LogP contribution is -2.23. The summed E-state index contributed by atoms with van der Waals surface area (Å²) in [5.74, 6) is 1.22. The van der Waals surface area contributed by atoms with E-state index in [4.69, 9.17) is 0 Å². The van der Waals surface area contributed by atoms with Gasteiger partial charge in [-0.15, -0.1) is 6.58 Å². The summed E-state index contributed by atoms with van der Waals surface area (Å²) in [6.45, 7) is 3.99. The summed E-state index contributed by atoms with van der Waals surface area (Å²) in [5, 5.41) is 2.68. The summed E-state index contributed by atoms with van der Waals surface area (Å²) in [6.07, 6.45) is 7.14. The fraction of sp³-hybridized carbons (Fsp3) is 0.364. The average Bonchev–Trinajstić information content (AvgIpc) is 3.10. The standard InChI is InChI=1S/C11H13N3O/c1-2-5-12-11(15)9-6-13-10(14-7-9)8-3-4-8/h2,6-8H,1,3-5H2,(H,12,15). The van der Waals surface area contributed by atoms with Crippen LogP contribution >= 0.6 is 0 Å². The predicted molar refractivity (Wildman–Crippen MR) is 56.5 cm³/mol. The Morgan fingerprint density at radius 1 is 1.53 bits per heavy atom. The van der Waals surface area contributed by atoms with Crippen molar-refractivity contribution < 1.29 is 4.79 Å². The van der Waals surface area contributed by atoms with E-state index in [0.29, 0.717) is 18.0 Å². The Labute approximate surface area is 88.4 Å². The van der Waals surface area contributed by atoms with E-state index in [2.05, 4.69) is 21.9 Å². The molecule has 1 amide bonds. The van der Waals surface area contributed by atoms with Gasteiger partial charge < -0.3 is 5.32 Å². The summed E-state index contributed by atoms with van der Waals surface area (Å²) in [6, 6.07) is 0. The van der Waals surface area contributed by atoms with Crippen molar-refractivity contribution in [1.82, 2.24) is 15.3 Å². The van der Waals surface area contributed by atoms with Crippen LogP contribution in [-0.2, 0) is 0 Å². The van der Waals surface area contributed by atoms with Gasteiger partial charge in [-0.25, -0.2) is 9.97 Å². The second kappa shape index (κ2) is 4.21. The van der Waals surface area contributed by atoms with Crippen LogP contribution in [-0.4, -0.2) is 22.4 Å². The highest BCUT2D eigenvalue weighted by Gasteiger charge is 2.26. The molecule has 0 saturated heterocycles. The molecule has 78 valence electrons. The molecule has 1 aromatic rings. The number of aromatic nitrogens is 2. The topological polar surface area (TPSA) is 54.9 Å². The van der Waals surface area contributed by atoms with Crippen LogP contribution in [0.4, 0.5) is 0 Å². The van der Waals surface area contributed by atoms with Crippen molar-refractivity contribution in [3.8, 4) is 0 Å². The zero-order valence-corrected chi connectivity index (χ0v) is 8.44. The summed E-state index contributed by atoms with van der Waals surface area (Å²) >= 11 is 0. The summed E-state index contributed by atoms with van der Waals surface area (Å²) < 4.78 is 0. The molecule has 0 aliphatic heterocycles. The minimum Gasteiger partial charge on any atom is -0.348 e. The Hall–Kier alpha value is -1.71. The first-order chi connectivity index (χ1) is 7.31. The zero-order valence-electron chi connectivity index (χ0n) is 8.44. The van der Waals surface area contributed by atoms with Gasteiger partial charge in [-0.1, -0.05) is 6.08 Å². The average molecular weight is 203 g/mol. The minimum atomic E-state index is -0.155. The third-order valence-corrected chi connectivity index (χ3v) is 2.28. The smallest absolute Gasteiger partial charge is 0.254 e. The first kappa shape index (κ1) is 9.83. The maximum Gasteiger partial charge on any atom is 0.254 e. The molecule has 4 nitrogen and oxygen atoms in total. The van der Waals surface area contributed by atoms with Gasteiger partial charge in [0.1, 0.15) is 5.82 Å². The fourth-order valence-electron chi connectivity index (χ4n) is 1.27. The van der Waals surface area contributed by atoms with E-state index in [1.54, 1.807) is 18.5 Å². The van der Waals surface area contributed by atoms with E-state index in [9.17, 15) is 4.79 Å². The molecule has 1 N–H and O–H groups in total. The van der Waals surface area contributed by atoms with Gasteiger partial charge in [-0.3, -0.25) is 4.79 Å². The number of hydrogen-bond donors (Lipinski definition) is 1. The molecule has 0 radical (unpaired) electrons. The lowest BCUT2D eigenvalue weighted by molar-refractivity contribution is 0.0957. The molecule has 1 aromatic heterocycles. The highest BCUT2D eigenvalue weighted by molar-refractivity contribution is 5.93. The second-order valence-electron chi connectivity index (χ2n) is 3.60. The van der Waals surface area contributed by atoms with Crippen LogP contribution in [0.2, 0.25) is 0 Å². The Kier molecular flexibility index (Phi) is 2.76. The number of hydrogen-bond acceptors (Lipinski definition) is 3. The molecular formula is C11H13N3O. The molecule has 2 rings (SSSR count). The fourth-order valence-corrected chi connectivity index (χ4v) is 1.27. The van der Waals surface area contributed by atoms with Gasteiger partial charge in [-0.2, -0.15) is 0 Å². The van der Waals surface area contributed by atoms with Gasteiger partial charge >= 0.3 is 0 Å². The van der Waals surface area contributed by atoms with Gasteiger partial charge in [-0.05, 0) is 12.8 Å². The lowest BCUT2D eigenvalue weighted by Gasteiger charge is -2.02. The SMILES string of the molecule is C=CCNC(=O)c1cnc(C2CC2)nc1. The van der Waals surface area contributed by atoms with E-state index in [1.165, 1.54) is 12.8 Å². The van der Waals surface area contributed by atoms with Gasteiger partial charge in [0.05, 0.1) is 5.56 Å². The number of carbonyl (C=O) groups is 1. The van der Waals surface area contributed by atoms with E-state index in [-0.39, 0.29) is 5.91 Å². The molecule has 4 heteroatoms. The number of nitrogens with one attached hydrogen (secondary N) is 1. The molecule has 1 fully saturated rings. The molecule has 15 heavy (non-hydrogen) atoms. The first-order valence-corrected chi connectivity index (χ1v) is 5.02. The summed E-state index contributed by atoms with van der Waals surface area (Å²) in [7, 11) is 0. The normalized spacial score (nSPS) is 14.7. The van der Waals surface area contributed by atoms with Crippen LogP contribution in [0, 0.1) is 0 Å². The maximum atomic E-state index is 11.5. The predicted octanol–water partition coefficient (Wildman–Crippen LogP) is 1.27. The van der Waals surface area contributed by atoms with E-state index in [1.807, 2.05) is 0 Å². The van der Waals surface area contributed by atoms with Gasteiger partial charge in [0.15, 0.2) is 0 Å². The first-order valence-electron chi connectivity index (χ1n) is 5.02. The largest absolute Gasteiger partial charge is 0.348 e. The lowest BCUT2D eigenvalue weighted by atomic mass is 10.3. The van der Waals surface area contributed by atoms with E-state index < -0.39 is 0 Å². The van der Waals surface area contributed by atoms with Crippen molar-refractivity contribution in [2.75, 3.05) is 6.54 Å². The van der Waals surface area contributed by atoms with Crippen molar-refractivity contribution in [2.24, 2.45) is 0 Å². The Bertz CT molecular complexity index is 368. The van der Waals surface area contributed by atoms with Crippen molar-refractivity contribution in [3.05, 3.63) is 36.4 Å².